The van der Waals surface area contributed by atoms with Crippen LogP contribution in [0.25, 0.3) is 0 Å². The summed E-state index contributed by atoms with van der Waals surface area (Å²) in [5, 5.41) is 3.25. The number of hydrogen-bond donors (Lipinski definition) is 1. The van der Waals surface area contributed by atoms with Crippen molar-refractivity contribution in [1.29, 1.82) is 0 Å². The van der Waals surface area contributed by atoms with Crippen molar-refractivity contribution in [2.45, 2.75) is 25.7 Å². The Morgan fingerprint density at radius 1 is 1.32 bits per heavy atom. The number of hydrogen-bond acceptors (Lipinski definition) is 2. The molecule has 1 aromatic rings. The summed E-state index contributed by atoms with van der Waals surface area (Å²) in [6.07, 6.45) is -4.51. The van der Waals surface area contributed by atoms with E-state index in [4.69, 9.17) is 0 Å². The Hall–Kier alpha value is -1.14. The van der Waals surface area contributed by atoms with Gasteiger partial charge in [-0.25, -0.2) is 4.39 Å². The van der Waals surface area contributed by atoms with Gasteiger partial charge in [-0.05, 0) is 30.7 Å². The molecule has 1 fully saturated rings. The zero-order chi connectivity index (χ0) is 14.0. The van der Waals surface area contributed by atoms with Gasteiger partial charge in [0.25, 0.3) is 0 Å². The minimum atomic E-state index is -4.51. The lowest BCUT2D eigenvalue weighted by atomic mass is 10.1. The van der Waals surface area contributed by atoms with Crippen molar-refractivity contribution < 1.29 is 17.6 Å². The van der Waals surface area contributed by atoms with Crippen LogP contribution in [0.1, 0.15) is 18.1 Å². The molecule has 6 heteroatoms. The van der Waals surface area contributed by atoms with Crippen LogP contribution in [0.15, 0.2) is 18.2 Å². The Kier molecular flexibility index (Phi) is 4.10. The highest BCUT2D eigenvalue weighted by molar-refractivity contribution is 5.26. The van der Waals surface area contributed by atoms with Crippen molar-refractivity contribution in [2.24, 2.45) is 0 Å². The van der Waals surface area contributed by atoms with Gasteiger partial charge in [-0.15, -0.1) is 0 Å². The standard InChI is InChI=1S/C13H16F4N2/c1-9-7-19(3-2-18-9)8-10-4-11(13(15,16)17)6-12(14)5-10/h4-6,9,18H,2-3,7-8H2,1H3. The molecule has 19 heavy (non-hydrogen) atoms. The van der Waals surface area contributed by atoms with Gasteiger partial charge in [-0.2, -0.15) is 13.2 Å². The first-order chi connectivity index (χ1) is 8.84. The average molecular weight is 276 g/mol. The fourth-order valence-corrected chi connectivity index (χ4v) is 2.32. The molecule has 2 nitrogen and oxygen atoms in total. The molecule has 1 saturated heterocycles. The second-order valence-corrected chi connectivity index (χ2v) is 4.94. The van der Waals surface area contributed by atoms with Crippen molar-refractivity contribution >= 4 is 0 Å². The van der Waals surface area contributed by atoms with E-state index in [9.17, 15) is 17.6 Å². The maximum Gasteiger partial charge on any atom is 0.416 e. The predicted octanol–water partition coefficient (Wildman–Crippen LogP) is 2.64. The van der Waals surface area contributed by atoms with E-state index in [1.54, 1.807) is 0 Å². The Morgan fingerprint density at radius 2 is 2.05 bits per heavy atom. The third kappa shape index (κ3) is 3.91. The van der Waals surface area contributed by atoms with Gasteiger partial charge >= 0.3 is 6.18 Å². The van der Waals surface area contributed by atoms with E-state index < -0.39 is 17.6 Å². The second kappa shape index (κ2) is 5.46. The largest absolute Gasteiger partial charge is 0.416 e. The van der Waals surface area contributed by atoms with Crippen LogP contribution >= 0.6 is 0 Å². The molecular weight excluding hydrogens is 260 g/mol. The summed E-state index contributed by atoms with van der Waals surface area (Å²) in [6, 6.07) is 3.02. The van der Waals surface area contributed by atoms with Crippen LogP contribution in [0.2, 0.25) is 0 Å². The minimum absolute atomic E-state index is 0.296. The van der Waals surface area contributed by atoms with E-state index in [0.717, 1.165) is 25.7 Å². The Morgan fingerprint density at radius 3 is 2.68 bits per heavy atom. The molecule has 1 heterocycles. The maximum absolute atomic E-state index is 13.3. The molecule has 0 saturated carbocycles. The predicted molar refractivity (Wildman–Crippen MR) is 64.1 cm³/mol. The topological polar surface area (TPSA) is 15.3 Å². The molecule has 0 bridgehead atoms. The number of benzene rings is 1. The molecule has 106 valence electrons. The van der Waals surface area contributed by atoms with Crippen molar-refractivity contribution in [3.63, 3.8) is 0 Å². The van der Waals surface area contributed by atoms with E-state index >= 15 is 0 Å². The number of nitrogens with one attached hydrogen (secondary N) is 1. The first-order valence-corrected chi connectivity index (χ1v) is 6.17. The molecule has 2 rings (SSSR count). The summed E-state index contributed by atoms with van der Waals surface area (Å²) < 4.78 is 51.1. The monoisotopic (exact) mass is 276 g/mol. The lowest BCUT2D eigenvalue weighted by Crippen LogP contribution is -2.48. The molecule has 1 atom stereocenters. The summed E-state index contributed by atoms with van der Waals surface area (Å²) in [6.45, 7) is 4.65. The molecule has 1 aliphatic rings. The van der Waals surface area contributed by atoms with Crippen molar-refractivity contribution in [3.8, 4) is 0 Å². The van der Waals surface area contributed by atoms with Crippen LogP contribution in [0, 0.1) is 5.82 Å². The van der Waals surface area contributed by atoms with Crippen LogP contribution < -0.4 is 5.32 Å². The Labute approximate surface area is 109 Å². The van der Waals surface area contributed by atoms with Crippen LogP contribution in [0.5, 0.6) is 0 Å². The molecule has 0 amide bonds. The number of alkyl halides is 3. The maximum atomic E-state index is 13.3. The van der Waals surface area contributed by atoms with Gasteiger partial charge in [0.15, 0.2) is 0 Å². The molecule has 1 N–H and O–H groups in total. The zero-order valence-electron chi connectivity index (χ0n) is 10.6. The zero-order valence-corrected chi connectivity index (χ0v) is 10.6. The highest BCUT2D eigenvalue weighted by atomic mass is 19.4. The SMILES string of the molecule is CC1CN(Cc2cc(F)cc(C(F)(F)F)c2)CCN1. The van der Waals surface area contributed by atoms with Crippen molar-refractivity contribution in [1.82, 2.24) is 10.2 Å². The van der Waals surface area contributed by atoms with Crippen molar-refractivity contribution in [3.05, 3.63) is 35.1 Å². The normalized spacial score (nSPS) is 21.6. The minimum Gasteiger partial charge on any atom is -0.312 e. The summed E-state index contributed by atoms with van der Waals surface area (Å²) in [7, 11) is 0. The lowest BCUT2D eigenvalue weighted by Gasteiger charge is -2.31. The molecular formula is C13H16F4N2. The smallest absolute Gasteiger partial charge is 0.312 e. The Bertz CT molecular complexity index is 445. The van der Waals surface area contributed by atoms with Crippen LogP contribution in [-0.4, -0.2) is 30.6 Å². The number of rotatable bonds is 2. The van der Waals surface area contributed by atoms with Crippen LogP contribution in [-0.2, 0) is 12.7 Å². The van der Waals surface area contributed by atoms with Gasteiger partial charge in [-0.1, -0.05) is 0 Å². The third-order valence-corrected chi connectivity index (χ3v) is 3.14. The molecule has 1 aromatic carbocycles. The number of nitrogens with zero attached hydrogens (tertiary/aromatic N) is 1. The highest BCUT2D eigenvalue weighted by Gasteiger charge is 2.31. The molecule has 0 radical (unpaired) electrons. The van der Waals surface area contributed by atoms with E-state index in [0.29, 0.717) is 24.2 Å². The highest BCUT2D eigenvalue weighted by Crippen LogP contribution is 2.30. The molecule has 0 aromatic heterocycles. The molecule has 0 spiro atoms. The van der Waals surface area contributed by atoms with E-state index in [-0.39, 0.29) is 0 Å². The van der Waals surface area contributed by atoms with Gasteiger partial charge in [0.1, 0.15) is 5.82 Å². The van der Waals surface area contributed by atoms with Gasteiger partial charge < -0.3 is 5.32 Å². The van der Waals surface area contributed by atoms with E-state index in [2.05, 4.69) is 5.32 Å². The fraction of sp³-hybridized carbons (Fsp3) is 0.538. The van der Waals surface area contributed by atoms with E-state index in [1.165, 1.54) is 6.07 Å². The average Bonchev–Trinajstić information content (AvgIpc) is 2.26. The fourth-order valence-electron chi connectivity index (χ4n) is 2.32. The molecule has 1 aliphatic heterocycles. The summed E-state index contributed by atoms with van der Waals surface area (Å²) >= 11 is 0. The van der Waals surface area contributed by atoms with Crippen LogP contribution in [0.3, 0.4) is 0 Å². The first-order valence-electron chi connectivity index (χ1n) is 6.17. The quantitative estimate of drug-likeness (QED) is 0.835. The first kappa shape index (κ1) is 14.3. The van der Waals surface area contributed by atoms with Gasteiger partial charge in [0.05, 0.1) is 5.56 Å². The van der Waals surface area contributed by atoms with Gasteiger partial charge in [-0.3, -0.25) is 4.90 Å². The van der Waals surface area contributed by atoms with Gasteiger partial charge in [0, 0.05) is 32.2 Å². The van der Waals surface area contributed by atoms with Crippen LogP contribution in [0.4, 0.5) is 17.6 Å². The number of piperazine rings is 1. The summed E-state index contributed by atoms with van der Waals surface area (Å²) in [4.78, 5) is 2.02. The number of halogens is 4. The summed E-state index contributed by atoms with van der Waals surface area (Å²) in [5.74, 6) is -0.840. The lowest BCUT2D eigenvalue weighted by molar-refractivity contribution is -0.137. The molecule has 1 unspecified atom stereocenters. The van der Waals surface area contributed by atoms with E-state index in [1.807, 2.05) is 11.8 Å². The third-order valence-electron chi connectivity index (χ3n) is 3.14. The van der Waals surface area contributed by atoms with Gasteiger partial charge in [0.2, 0.25) is 0 Å². The molecule has 0 aliphatic carbocycles. The van der Waals surface area contributed by atoms with Crippen molar-refractivity contribution in [2.75, 3.05) is 19.6 Å². The Balaban J connectivity index is 2.14. The summed E-state index contributed by atoms with van der Waals surface area (Å²) in [5.41, 5.74) is -0.563. The second-order valence-electron chi connectivity index (χ2n) is 4.94.